The second-order valence-electron chi connectivity index (χ2n) is 7.23. The highest BCUT2D eigenvalue weighted by Gasteiger charge is 2.12. The first-order chi connectivity index (χ1) is 17.8. The van der Waals surface area contributed by atoms with Crippen LogP contribution in [0, 0.1) is 0 Å². The molecule has 14 nitrogen and oxygen atoms in total. The quantitative estimate of drug-likeness (QED) is 0.124. The molecule has 0 amide bonds. The molecular weight excluding hydrogens is 500 g/mol. The maximum absolute atomic E-state index is 11.5. The Morgan fingerprint density at radius 1 is 0.919 bits per heavy atom. The smallest absolute Gasteiger partial charge is 0.275 e. The van der Waals surface area contributed by atoms with Crippen LogP contribution < -0.4 is 30.7 Å². The lowest BCUT2D eigenvalue weighted by molar-refractivity contribution is 0.355. The number of hydrazone groups is 1. The number of rotatable bonds is 11. The van der Waals surface area contributed by atoms with Crippen molar-refractivity contribution >= 4 is 39.4 Å². The van der Waals surface area contributed by atoms with Crippen LogP contribution in [0.25, 0.3) is 0 Å². The fourth-order valence-corrected chi connectivity index (χ4v) is 3.45. The zero-order valence-corrected chi connectivity index (χ0v) is 21.6. The number of methoxy groups -OCH3 is 2. The molecular formula is C22H28N10O4S. The molecule has 0 aliphatic heterocycles. The van der Waals surface area contributed by atoms with Crippen molar-refractivity contribution < 1.29 is 17.9 Å². The van der Waals surface area contributed by atoms with Crippen LogP contribution in [-0.4, -0.2) is 56.5 Å². The molecule has 0 bridgehead atoms. The summed E-state index contributed by atoms with van der Waals surface area (Å²) >= 11 is 0. The van der Waals surface area contributed by atoms with E-state index >= 15 is 0 Å². The minimum absolute atomic E-state index is 0.0235. The van der Waals surface area contributed by atoms with Crippen molar-refractivity contribution in [2.24, 2.45) is 20.5 Å². The molecule has 2 aromatic carbocycles. The number of hydrogen-bond donors (Lipinski definition) is 4. The van der Waals surface area contributed by atoms with Gasteiger partial charge in [0.25, 0.3) is 5.95 Å². The molecule has 0 unspecified atom stereocenters. The first kappa shape index (κ1) is 27.2. The number of nitrogens with one attached hydrogen (secondary N) is 3. The fourth-order valence-electron chi connectivity index (χ4n) is 2.93. The zero-order chi connectivity index (χ0) is 26.8. The van der Waals surface area contributed by atoms with E-state index in [2.05, 4.69) is 46.3 Å². The van der Waals surface area contributed by atoms with Gasteiger partial charge in [0.15, 0.2) is 11.5 Å². The van der Waals surface area contributed by atoms with Crippen LogP contribution in [0.4, 0.5) is 23.5 Å². The molecule has 15 heteroatoms. The van der Waals surface area contributed by atoms with Crippen LogP contribution >= 0.6 is 0 Å². The Labute approximate surface area is 214 Å². The lowest BCUT2D eigenvalue weighted by Crippen LogP contribution is -2.11. The van der Waals surface area contributed by atoms with Crippen molar-refractivity contribution in [1.82, 2.24) is 15.0 Å². The lowest BCUT2D eigenvalue weighted by atomic mass is 10.2. The van der Waals surface area contributed by atoms with Crippen molar-refractivity contribution in [3.8, 4) is 11.5 Å². The highest BCUT2D eigenvalue weighted by Crippen LogP contribution is 2.28. The SMILES string of the molecule is CCNc1nc(N=N/C(=N\Nc2ccc(S(N)(=O)=O)cc2)c2ccc(OC)c(OC)c2)nc(NCC)n1. The second kappa shape index (κ2) is 12.5. The molecule has 0 spiro atoms. The first-order valence-electron chi connectivity index (χ1n) is 11.1. The fraction of sp³-hybridized carbons (Fsp3) is 0.273. The summed E-state index contributed by atoms with van der Waals surface area (Å²) in [7, 11) is -0.769. The molecule has 196 valence electrons. The maximum atomic E-state index is 11.5. The van der Waals surface area contributed by atoms with Gasteiger partial charge < -0.3 is 20.1 Å². The summed E-state index contributed by atoms with van der Waals surface area (Å²) < 4.78 is 33.7. The summed E-state index contributed by atoms with van der Waals surface area (Å²) in [5.41, 5.74) is 3.87. The van der Waals surface area contributed by atoms with Gasteiger partial charge in [0.2, 0.25) is 27.8 Å². The van der Waals surface area contributed by atoms with Crippen molar-refractivity contribution in [2.75, 3.05) is 43.4 Å². The molecule has 0 saturated carbocycles. The molecule has 0 fully saturated rings. The van der Waals surface area contributed by atoms with Crippen molar-refractivity contribution in [1.29, 1.82) is 0 Å². The number of ether oxygens (including phenoxy) is 2. The number of anilines is 3. The van der Waals surface area contributed by atoms with E-state index in [1.54, 1.807) is 18.2 Å². The summed E-state index contributed by atoms with van der Waals surface area (Å²) in [6.45, 7) is 5.05. The minimum Gasteiger partial charge on any atom is -0.493 e. The Kier molecular flexibility index (Phi) is 9.23. The van der Waals surface area contributed by atoms with E-state index in [1.165, 1.54) is 38.5 Å². The summed E-state index contributed by atoms with van der Waals surface area (Å²) in [4.78, 5) is 12.8. The van der Waals surface area contributed by atoms with Gasteiger partial charge in [-0.1, -0.05) is 0 Å². The standard InChI is InChI=1S/C22H28N10O4S/c1-5-24-20-26-21(25-6-2)28-22(27-20)32-31-19(14-7-12-17(35-3)18(13-14)36-4)30-29-15-8-10-16(11-9-15)37(23,33)34/h7-13,29H,5-6H2,1-4H3,(H2,23,33,34)(H2,24,25,26,27,28)/b30-19-,32-31?. The van der Waals surface area contributed by atoms with Crippen LogP contribution in [0.1, 0.15) is 19.4 Å². The molecule has 37 heavy (non-hydrogen) atoms. The van der Waals surface area contributed by atoms with Gasteiger partial charge in [0.1, 0.15) is 0 Å². The number of primary sulfonamides is 1. The van der Waals surface area contributed by atoms with Gasteiger partial charge in [-0.3, -0.25) is 5.43 Å². The van der Waals surface area contributed by atoms with Crippen LogP contribution in [-0.2, 0) is 10.0 Å². The van der Waals surface area contributed by atoms with Gasteiger partial charge in [-0.25, -0.2) is 13.6 Å². The lowest BCUT2D eigenvalue weighted by Gasteiger charge is -2.09. The topological polar surface area (TPSA) is 190 Å². The normalized spacial score (nSPS) is 11.9. The summed E-state index contributed by atoms with van der Waals surface area (Å²) in [6.07, 6.45) is 0. The molecule has 1 aromatic heterocycles. The second-order valence-corrected chi connectivity index (χ2v) is 8.79. The predicted molar refractivity (Wildman–Crippen MR) is 140 cm³/mol. The molecule has 0 aliphatic carbocycles. The van der Waals surface area contributed by atoms with E-state index in [9.17, 15) is 8.42 Å². The van der Waals surface area contributed by atoms with E-state index in [1.807, 2.05) is 13.8 Å². The van der Waals surface area contributed by atoms with E-state index in [0.29, 0.717) is 47.7 Å². The third kappa shape index (κ3) is 7.55. The Bertz CT molecular complexity index is 1350. The Morgan fingerprint density at radius 2 is 1.54 bits per heavy atom. The average Bonchev–Trinajstić information content (AvgIpc) is 2.88. The monoisotopic (exact) mass is 528 g/mol. The molecule has 1 heterocycles. The summed E-state index contributed by atoms with van der Waals surface area (Å²) in [5.74, 6) is 1.90. The number of hydrogen-bond acceptors (Lipinski definition) is 12. The maximum Gasteiger partial charge on any atom is 0.275 e. The van der Waals surface area contributed by atoms with E-state index in [4.69, 9.17) is 14.6 Å². The molecule has 0 radical (unpaired) electrons. The predicted octanol–water partition coefficient (Wildman–Crippen LogP) is 2.96. The highest BCUT2D eigenvalue weighted by molar-refractivity contribution is 7.89. The number of sulfonamides is 1. The van der Waals surface area contributed by atoms with Gasteiger partial charge in [0, 0.05) is 18.7 Å². The number of azo groups is 1. The minimum atomic E-state index is -3.82. The largest absolute Gasteiger partial charge is 0.493 e. The highest BCUT2D eigenvalue weighted by atomic mass is 32.2. The Hall–Kier alpha value is -4.37. The zero-order valence-electron chi connectivity index (χ0n) is 20.8. The summed E-state index contributed by atoms with van der Waals surface area (Å²) in [5, 5.41) is 24.0. The molecule has 0 atom stereocenters. The number of aromatic nitrogens is 3. The third-order valence-electron chi connectivity index (χ3n) is 4.64. The molecule has 3 aromatic rings. The average molecular weight is 529 g/mol. The van der Waals surface area contributed by atoms with Crippen LogP contribution in [0.15, 0.2) is 62.7 Å². The number of benzene rings is 2. The molecule has 5 N–H and O–H groups in total. The number of nitrogens with two attached hydrogens (primary N) is 1. The Morgan fingerprint density at radius 3 is 2.08 bits per heavy atom. The van der Waals surface area contributed by atoms with Crippen molar-refractivity contribution in [2.45, 2.75) is 18.7 Å². The number of nitrogens with zero attached hydrogens (tertiary/aromatic N) is 6. The van der Waals surface area contributed by atoms with E-state index in [0.717, 1.165) is 0 Å². The van der Waals surface area contributed by atoms with Gasteiger partial charge in [-0.2, -0.15) is 20.1 Å². The van der Waals surface area contributed by atoms with Crippen LogP contribution in [0.3, 0.4) is 0 Å². The number of amidine groups is 1. The third-order valence-corrected chi connectivity index (χ3v) is 5.57. The molecule has 0 saturated heterocycles. The van der Waals surface area contributed by atoms with Gasteiger partial charge in [0.05, 0.1) is 24.8 Å². The van der Waals surface area contributed by atoms with Gasteiger partial charge in [-0.15, -0.1) is 10.2 Å². The summed E-state index contributed by atoms with van der Waals surface area (Å²) in [6, 6.07) is 10.9. The van der Waals surface area contributed by atoms with Crippen LogP contribution in [0.2, 0.25) is 0 Å². The van der Waals surface area contributed by atoms with E-state index < -0.39 is 10.0 Å². The molecule has 3 rings (SSSR count). The van der Waals surface area contributed by atoms with Crippen molar-refractivity contribution in [3.63, 3.8) is 0 Å². The Balaban J connectivity index is 2.00. The van der Waals surface area contributed by atoms with Gasteiger partial charge in [-0.05, 0) is 56.3 Å². The van der Waals surface area contributed by atoms with Crippen LogP contribution in [0.5, 0.6) is 11.5 Å². The first-order valence-corrected chi connectivity index (χ1v) is 12.7. The molecule has 0 aliphatic rings. The van der Waals surface area contributed by atoms with E-state index in [-0.39, 0.29) is 16.7 Å². The van der Waals surface area contributed by atoms with Crippen molar-refractivity contribution in [3.05, 3.63) is 48.0 Å². The van der Waals surface area contributed by atoms with Gasteiger partial charge >= 0.3 is 0 Å².